The molecule has 0 aliphatic heterocycles. The lowest BCUT2D eigenvalue weighted by atomic mass is 10.0. The zero-order chi connectivity index (χ0) is 21.6. The molecule has 0 saturated heterocycles. The Morgan fingerprint density at radius 2 is 1.62 bits per heavy atom. The van der Waals surface area contributed by atoms with Gasteiger partial charge in [0.15, 0.2) is 0 Å². The molecule has 0 unspecified atom stereocenters. The molecule has 0 aliphatic carbocycles. The summed E-state index contributed by atoms with van der Waals surface area (Å²) in [5.41, 5.74) is 2.68. The number of aromatic carboxylic acids is 1. The van der Waals surface area contributed by atoms with Crippen LogP contribution in [0.25, 0.3) is 0 Å². The fourth-order valence-electron chi connectivity index (χ4n) is 2.54. The van der Waals surface area contributed by atoms with Crippen LogP contribution < -0.4 is 10.6 Å². The molecule has 2 rings (SSSR count). The largest absolute Gasteiger partial charge is 0.478 e. The van der Waals surface area contributed by atoms with Crippen LogP contribution in [0.15, 0.2) is 36.4 Å². The third-order valence-electron chi connectivity index (χ3n) is 4.15. The summed E-state index contributed by atoms with van der Waals surface area (Å²) in [7, 11) is 0. The quantitative estimate of drug-likeness (QED) is 0.599. The Kier molecular flexibility index (Phi) is 7.75. The van der Waals surface area contributed by atoms with Gasteiger partial charge in [0, 0.05) is 10.7 Å². The van der Waals surface area contributed by atoms with Crippen molar-refractivity contribution in [1.29, 1.82) is 0 Å². The molecule has 0 atom stereocenters. The van der Waals surface area contributed by atoms with Gasteiger partial charge in [-0.1, -0.05) is 37.6 Å². The van der Waals surface area contributed by atoms with Crippen LogP contribution in [-0.4, -0.2) is 36.1 Å². The van der Waals surface area contributed by atoms with Gasteiger partial charge in [0.05, 0.1) is 11.3 Å². The number of nitrogens with one attached hydrogen (secondary N) is 2. The first-order valence-corrected chi connectivity index (χ1v) is 9.36. The Morgan fingerprint density at radius 1 is 1.00 bits per heavy atom. The van der Waals surface area contributed by atoms with E-state index in [9.17, 15) is 19.5 Å². The molecular formula is C21H23ClN2O5. The highest BCUT2D eigenvalue weighted by atomic mass is 35.5. The molecule has 29 heavy (non-hydrogen) atoms. The second kappa shape index (κ2) is 10.0. The van der Waals surface area contributed by atoms with Crippen LogP contribution in [0.1, 0.15) is 41.3 Å². The van der Waals surface area contributed by atoms with Crippen LogP contribution in [0.2, 0.25) is 5.02 Å². The van der Waals surface area contributed by atoms with Gasteiger partial charge in [-0.25, -0.2) is 4.79 Å². The average molecular weight is 419 g/mol. The lowest BCUT2D eigenvalue weighted by Gasteiger charge is -2.13. The monoisotopic (exact) mass is 418 g/mol. The first-order chi connectivity index (χ1) is 13.7. The summed E-state index contributed by atoms with van der Waals surface area (Å²) >= 11 is 5.78. The maximum atomic E-state index is 12.1. The molecular weight excluding hydrogens is 396 g/mol. The van der Waals surface area contributed by atoms with Gasteiger partial charge < -0.3 is 20.5 Å². The summed E-state index contributed by atoms with van der Waals surface area (Å²) in [6.07, 6.45) is 0. The predicted octanol–water partition coefficient (Wildman–Crippen LogP) is 4.06. The van der Waals surface area contributed by atoms with Crippen LogP contribution in [-0.2, 0) is 14.3 Å². The summed E-state index contributed by atoms with van der Waals surface area (Å²) in [5, 5.41) is 14.6. The molecule has 2 amide bonds. The van der Waals surface area contributed by atoms with E-state index in [0.29, 0.717) is 11.6 Å². The predicted molar refractivity (Wildman–Crippen MR) is 112 cm³/mol. The SMILES string of the molecule is Cc1ccc(C(C)C)cc1NC(=O)COCC(=O)Nc1ccc(Cl)cc1C(=O)O. The zero-order valence-electron chi connectivity index (χ0n) is 16.4. The molecule has 2 aromatic carbocycles. The van der Waals surface area contributed by atoms with Crippen molar-refractivity contribution >= 4 is 40.8 Å². The van der Waals surface area contributed by atoms with E-state index in [1.807, 2.05) is 25.1 Å². The van der Waals surface area contributed by atoms with E-state index in [4.69, 9.17) is 16.3 Å². The van der Waals surface area contributed by atoms with E-state index in [2.05, 4.69) is 24.5 Å². The number of carbonyl (C=O) groups is 3. The number of aryl methyl sites for hydroxylation is 1. The van der Waals surface area contributed by atoms with Gasteiger partial charge >= 0.3 is 5.97 Å². The fourth-order valence-corrected chi connectivity index (χ4v) is 2.72. The number of carbonyl (C=O) groups excluding carboxylic acids is 2. The molecule has 0 saturated carbocycles. The van der Waals surface area contributed by atoms with Gasteiger partial charge in [0.25, 0.3) is 0 Å². The van der Waals surface area contributed by atoms with Crippen LogP contribution in [0.5, 0.6) is 0 Å². The molecule has 0 aliphatic rings. The summed E-state index contributed by atoms with van der Waals surface area (Å²) < 4.78 is 5.15. The number of hydrogen-bond acceptors (Lipinski definition) is 4. The molecule has 3 N–H and O–H groups in total. The smallest absolute Gasteiger partial charge is 0.337 e. The van der Waals surface area contributed by atoms with Crippen molar-refractivity contribution in [3.8, 4) is 0 Å². The molecule has 8 heteroatoms. The molecule has 0 spiro atoms. The maximum absolute atomic E-state index is 12.1. The molecule has 2 aromatic rings. The summed E-state index contributed by atoms with van der Waals surface area (Å²) in [5.74, 6) is -1.86. The molecule has 0 heterocycles. The third-order valence-corrected chi connectivity index (χ3v) is 4.39. The minimum atomic E-state index is -1.22. The van der Waals surface area contributed by atoms with Crippen molar-refractivity contribution in [3.63, 3.8) is 0 Å². The first kappa shape index (κ1) is 22.4. The molecule has 154 valence electrons. The Hall–Kier alpha value is -2.90. The van der Waals surface area contributed by atoms with Gasteiger partial charge in [0.2, 0.25) is 11.8 Å². The molecule has 0 aromatic heterocycles. The number of anilines is 2. The number of rotatable bonds is 8. The summed E-state index contributed by atoms with van der Waals surface area (Å²) in [6.45, 7) is 5.30. The van der Waals surface area contributed by atoms with Crippen molar-refractivity contribution in [3.05, 3.63) is 58.1 Å². The van der Waals surface area contributed by atoms with Crippen molar-refractivity contribution in [2.45, 2.75) is 26.7 Å². The number of hydrogen-bond donors (Lipinski definition) is 3. The zero-order valence-corrected chi connectivity index (χ0v) is 17.2. The Bertz CT molecular complexity index is 927. The fraction of sp³-hybridized carbons (Fsp3) is 0.286. The average Bonchev–Trinajstić information content (AvgIpc) is 2.64. The van der Waals surface area contributed by atoms with E-state index >= 15 is 0 Å². The maximum Gasteiger partial charge on any atom is 0.337 e. The molecule has 7 nitrogen and oxygen atoms in total. The number of amides is 2. The normalized spacial score (nSPS) is 10.7. The highest BCUT2D eigenvalue weighted by molar-refractivity contribution is 6.31. The minimum Gasteiger partial charge on any atom is -0.478 e. The Labute approximate surface area is 174 Å². The van der Waals surface area contributed by atoms with Gasteiger partial charge in [-0.2, -0.15) is 0 Å². The van der Waals surface area contributed by atoms with Crippen LogP contribution >= 0.6 is 11.6 Å². The number of carboxylic acids is 1. The van der Waals surface area contributed by atoms with Crippen LogP contribution in [0.4, 0.5) is 11.4 Å². The topological polar surface area (TPSA) is 105 Å². The molecule has 0 fully saturated rings. The number of benzene rings is 2. The second-order valence-electron chi connectivity index (χ2n) is 6.81. The molecule has 0 radical (unpaired) electrons. The van der Waals surface area contributed by atoms with Gasteiger partial charge in [-0.15, -0.1) is 0 Å². The standard InChI is InChI=1S/C21H23ClN2O5/c1-12(2)14-5-4-13(3)18(8-14)24-20(26)11-29-10-19(25)23-17-7-6-15(22)9-16(17)21(27)28/h4-9,12H,10-11H2,1-3H3,(H,23,25)(H,24,26)(H,27,28). The molecule has 0 bridgehead atoms. The number of halogens is 1. The van der Waals surface area contributed by atoms with E-state index in [-0.39, 0.29) is 28.8 Å². The van der Waals surface area contributed by atoms with Crippen molar-refractivity contribution in [1.82, 2.24) is 0 Å². The van der Waals surface area contributed by atoms with Crippen molar-refractivity contribution in [2.24, 2.45) is 0 Å². The van der Waals surface area contributed by atoms with Gasteiger partial charge in [-0.3, -0.25) is 9.59 Å². The first-order valence-electron chi connectivity index (χ1n) is 8.98. The van der Waals surface area contributed by atoms with Crippen LogP contribution in [0.3, 0.4) is 0 Å². The third kappa shape index (κ3) is 6.58. The summed E-state index contributed by atoms with van der Waals surface area (Å²) in [6, 6.07) is 9.95. The number of ether oxygens (including phenoxy) is 1. The minimum absolute atomic E-state index is 0.0982. The van der Waals surface area contributed by atoms with E-state index in [0.717, 1.165) is 11.1 Å². The van der Waals surface area contributed by atoms with Gasteiger partial charge in [-0.05, 0) is 48.2 Å². The second-order valence-corrected chi connectivity index (χ2v) is 7.25. The van der Waals surface area contributed by atoms with E-state index in [1.165, 1.54) is 18.2 Å². The Balaban J connectivity index is 1.87. The Morgan fingerprint density at radius 3 is 2.21 bits per heavy atom. The number of carboxylic acid groups (broad SMARTS) is 1. The highest BCUT2D eigenvalue weighted by Crippen LogP contribution is 2.22. The van der Waals surface area contributed by atoms with Crippen molar-refractivity contribution in [2.75, 3.05) is 23.8 Å². The van der Waals surface area contributed by atoms with E-state index < -0.39 is 18.5 Å². The lowest BCUT2D eigenvalue weighted by molar-refractivity contribution is -0.125. The van der Waals surface area contributed by atoms with Crippen LogP contribution in [0, 0.1) is 6.92 Å². The van der Waals surface area contributed by atoms with Gasteiger partial charge in [0.1, 0.15) is 13.2 Å². The summed E-state index contributed by atoms with van der Waals surface area (Å²) in [4.78, 5) is 35.3. The van der Waals surface area contributed by atoms with Crippen molar-refractivity contribution < 1.29 is 24.2 Å². The lowest BCUT2D eigenvalue weighted by Crippen LogP contribution is -2.24. The highest BCUT2D eigenvalue weighted by Gasteiger charge is 2.14. The van der Waals surface area contributed by atoms with E-state index in [1.54, 1.807) is 0 Å².